The number of fused-ring (bicyclic) bond motifs is 1. The van der Waals surface area contributed by atoms with E-state index in [4.69, 9.17) is 4.74 Å². The fourth-order valence-electron chi connectivity index (χ4n) is 5.89. The highest BCUT2D eigenvalue weighted by Crippen LogP contribution is 2.37. The van der Waals surface area contributed by atoms with Gasteiger partial charge in [-0.05, 0) is 61.7 Å². The monoisotopic (exact) mass is 550 g/mol. The van der Waals surface area contributed by atoms with Crippen molar-refractivity contribution in [3.8, 4) is 5.75 Å². The summed E-state index contributed by atoms with van der Waals surface area (Å²) in [6, 6.07) is 15.4. The van der Waals surface area contributed by atoms with Gasteiger partial charge in [0.15, 0.2) is 0 Å². The van der Waals surface area contributed by atoms with Crippen LogP contribution in [0.3, 0.4) is 0 Å². The molecule has 1 aromatic heterocycles. The average molecular weight is 551 g/mol. The highest BCUT2D eigenvalue weighted by atomic mass is 32.2. The van der Waals surface area contributed by atoms with Crippen LogP contribution in [0.5, 0.6) is 5.75 Å². The molecule has 1 atom stereocenters. The Hall–Kier alpha value is -3.14. The first-order valence-corrected chi connectivity index (χ1v) is 15.0. The Morgan fingerprint density at radius 1 is 0.923 bits per heavy atom. The zero-order chi connectivity index (χ0) is 27.7. The molecule has 9 heteroatoms. The third-order valence-electron chi connectivity index (χ3n) is 7.97. The molecular weight excluding hydrogens is 512 g/mol. The lowest BCUT2D eigenvalue weighted by atomic mass is 10.1. The van der Waals surface area contributed by atoms with E-state index in [1.165, 1.54) is 15.4 Å². The Morgan fingerprint density at radius 2 is 1.59 bits per heavy atom. The Kier molecular flexibility index (Phi) is 7.84. The highest BCUT2D eigenvalue weighted by Gasteiger charge is 2.40. The predicted octanol–water partition coefficient (Wildman–Crippen LogP) is 3.90. The number of benzene rings is 2. The van der Waals surface area contributed by atoms with Crippen molar-refractivity contribution < 1.29 is 17.9 Å². The minimum atomic E-state index is -3.86. The van der Waals surface area contributed by atoms with Crippen molar-refractivity contribution in [2.75, 3.05) is 39.8 Å². The number of aromatic nitrogens is 1. The molecule has 39 heavy (non-hydrogen) atoms. The second-order valence-corrected chi connectivity index (χ2v) is 12.5. The number of piperazine rings is 1. The van der Waals surface area contributed by atoms with Gasteiger partial charge >= 0.3 is 0 Å². The van der Waals surface area contributed by atoms with Crippen molar-refractivity contribution in [3.05, 3.63) is 82.7 Å². The molecule has 0 aliphatic carbocycles. The van der Waals surface area contributed by atoms with Gasteiger partial charge in [-0.3, -0.25) is 9.69 Å². The van der Waals surface area contributed by atoms with Gasteiger partial charge < -0.3 is 14.2 Å². The van der Waals surface area contributed by atoms with E-state index in [1.54, 1.807) is 33.1 Å². The van der Waals surface area contributed by atoms with Crippen LogP contribution in [0.1, 0.15) is 40.4 Å². The molecule has 1 amide bonds. The van der Waals surface area contributed by atoms with Gasteiger partial charge in [-0.1, -0.05) is 29.8 Å². The number of sulfonamides is 1. The number of nitrogens with zero attached hydrogens (tertiary/aromatic N) is 4. The molecule has 3 aromatic rings. The molecule has 0 N–H and O–H groups in total. The van der Waals surface area contributed by atoms with Gasteiger partial charge in [-0.2, -0.15) is 4.31 Å². The molecule has 1 saturated heterocycles. The lowest BCUT2D eigenvalue weighted by Crippen LogP contribution is -2.50. The van der Waals surface area contributed by atoms with Crippen LogP contribution in [0.25, 0.3) is 0 Å². The van der Waals surface area contributed by atoms with Gasteiger partial charge in [0.2, 0.25) is 15.9 Å². The van der Waals surface area contributed by atoms with E-state index < -0.39 is 16.1 Å². The van der Waals surface area contributed by atoms with Crippen LogP contribution in [-0.4, -0.2) is 72.8 Å². The lowest BCUT2D eigenvalue weighted by molar-refractivity contribution is -0.134. The summed E-state index contributed by atoms with van der Waals surface area (Å²) in [7, 11) is -2.28. The summed E-state index contributed by atoms with van der Waals surface area (Å²) in [6.07, 6.45) is 2.08. The maximum Gasteiger partial charge on any atom is 0.244 e. The van der Waals surface area contributed by atoms with E-state index in [9.17, 15) is 13.2 Å². The zero-order valence-electron chi connectivity index (χ0n) is 23.3. The highest BCUT2D eigenvalue weighted by molar-refractivity contribution is 7.89. The molecule has 2 aliphatic heterocycles. The zero-order valence-corrected chi connectivity index (χ0v) is 24.1. The van der Waals surface area contributed by atoms with Crippen molar-refractivity contribution >= 4 is 15.9 Å². The lowest BCUT2D eigenvalue weighted by Gasteiger charge is -2.39. The molecule has 1 fully saturated rings. The van der Waals surface area contributed by atoms with Crippen LogP contribution in [0, 0.1) is 20.8 Å². The van der Waals surface area contributed by atoms with E-state index in [-0.39, 0.29) is 12.3 Å². The van der Waals surface area contributed by atoms with Gasteiger partial charge in [0.1, 0.15) is 5.75 Å². The van der Waals surface area contributed by atoms with Crippen LogP contribution < -0.4 is 4.74 Å². The Bertz CT molecular complexity index is 1420. The molecule has 208 valence electrons. The van der Waals surface area contributed by atoms with Gasteiger partial charge in [-0.25, -0.2) is 8.42 Å². The summed E-state index contributed by atoms with van der Waals surface area (Å²) in [6.45, 7) is 10.3. The number of carbonyl (C=O) groups is 1. The molecule has 0 bridgehead atoms. The second kappa shape index (κ2) is 11.2. The summed E-state index contributed by atoms with van der Waals surface area (Å²) in [5.41, 5.74) is 4.66. The number of carbonyl (C=O) groups excluding carboxylic acids is 1. The molecule has 0 saturated carbocycles. The number of amides is 1. The van der Waals surface area contributed by atoms with Crippen LogP contribution in [0.15, 0.2) is 59.6 Å². The first kappa shape index (κ1) is 27.4. The SMILES string of the molecule is COc1cc(C)c(S(=O)(=O)N2CCn3cccc3C2CC(=O)N2CCN(Cc3ccc(C)cc3)CC2)c(C)c1. The molecule has 2 aromatic carbocycles. The quantitative estimate of drug-likeness (QED) is 0.446. The molecule has 8 nitrogen and oxygen atoms in total. The number of hydrogen-bond donors (Lipinski definition) is 0. The predicted molar refractivity (Wildman–Crippen MR) is 151 cm³/mol. The van der Waals surface area contributed by atoms with E-state index in [0.29, 0.717) is 48.0 Å². The van der Waals surface area contributed by atoms with E-state index in [0.717, 1.165) is 25.3 Å². The summed E-state index contributed by atoms with van der Waals surface area (Å²) in [4.78, 5) is 18.1. The number of rotatable bonds is 7. The topological polar surface area (TPSA) is 75.1 Å². The van der Waals surface area contributed by atoms with Crippen molar-refractivity contribution in [1.82, 2.24) is 18.7 Å². The molecule has 0 radical (unpaired) electrons. The van der Waals surface area contributed by atoms with Gasteiger partial charge in [0.05, 0.1) is 18.0 Å². The standard InChI is InChI=1S/C30H38N4O4S/c1-22-7-9-25(10-8-22)21-31-12-14-33(15-13-31)29(35)20-28-27-6-5-11-32(27)16-17-34(28)39(36,37)30-23(2)18-26(38-4)19-24(30)3/h5-11,18-19,28H,12-17,20-21H2,1-4H3. The molecule has 1 unspecified atom stereocenters. The Morgan fingerprint density at radius 3 is 2.23 bits per heavy atom. The number of hydrogen-bond acceptors (Lipinski definition) is 5. The Labute approximate surface area is 231 Å². The summed E-state index contributed by atoms with van der Waals surface area (Å²) in [5, 5.41) is 0. The normalized spacial score (nSPS) is 18.7. The summed E-state index contributed by atoms with van der Waals surface area (Å²) < 4.78 is 37.2. The van der Waals surface area contributed by atoms with Gasteiger partial charge in [-0.15, -0.1) is 0 Å². The fraction of sp³-hybridized carbons (Fsp3) is 0.433. The van der Waals surface area contributed by atoms with Crippen LogP contribution in [0.2, 0.25) is 0 Å². The first-order chi connectivity index (χ1) is 18.7. The Balaban J connectivity index is 1.33. The summed E-state index contributed by atoms with van der Waals surface area (Å²) in [5.74, 6) is 0.623. The van der Waals surface area contributed by atoms with Crippen LogP contribution in [0.4, 0.5) is 0 Å². The average Bonchev–Trinajstić information content (AvgIpc) is 3.39. The maximum absolute atomic E-state index is 14.1. The third kappa shape index (κ3) is 5.62. The third-order valence-corrected chi connectivity index (χ3v) is 10.2. The molecule has 3 heterocycles. The van der Waals surface area contributed by atoms with Crippen molar-refractivity contribution in [3.63, 3.8) is 0 Å². The number of aryl methyl sites for hydroxylation is 3. The molecule has 0 spiro atoms. The minimum absolute atomic E-state index is 0.00647. The first-order valence-electron chi connectivity index (χ1n) is 13.5. The van der Waals surface area contributed by atoms with Crippen LogP contribution in [-0.2, 0) is 27.9 Å². The van der Waals surface area contributed by atoms with Crippen molar-refractivity contribution in [2.45, 2.75) is 51.2 Å². The second-order valence-electron chi connectivity index (χ2n) is 10.7. The largest absolute Gasteiger partial charge is 0.497 e. The van der Waals surface area contributed by atoms with Crippen molar-refractivity contribution in [1.29, 1.82) is 0 Å². The van der Waals surface area contributed by atoms with E-state index >= 15 is 0 Å². The van der Waals surface area contributed by atoms with E-state index in [1.807, 2.05) is 23.2 Å². The molecule has 2 aliphatic rings. The summed E-state index contributed by atoms with van der Waals surface area (Å²) >= 11 is 0. The smallest absolute Gasteiger partial charge is 0.244 e. The number of methoxy groups -OCH3 is 1. The van der Waals surface area contributed by atoms with Crippen LogP contribution >= 0.6 is 0 Å². The fourth-order valence-corrected chi connectivity index (χ4v) is 7.90. The van der Waals surface area contributed by atoms with Gasteiger partial charge in [0, 0.05) is 64.1 Å². The molecular formula is C30H38N4O4S. The maximum atomic E-state index is 14.1. The van der Waals surface area contributed by atoms with Crippen molar-refractivity contribution in [2.24, 2.45) is 0 Å². The minimum Gasteiger partial charge on any atom is -0.497 e. The number of ether oxygens (including phenoxy) is 1. The van der Waals surface area contributed by atoms with Gasteiger partial charge in [0.25, 0.3) is 0 Å². The van der Waals surface area contributed by atoms with E-state index in [2.05, 4.69) is 40.7 Å². The molecule has 5 rings (SSSR count).